The van der Waals surface area contributed by atoms with E-state index in [4.69, 9.17) is 20.9 Å². The molecule has 1 aromatic carbocycles. The van der Waals surface area contributed by atoms with Gasteiger partial charge in [0.05, 0.1) is 18.8 Å². The zero-order chi connectivity index (χ0) is 17.5. The van der Waals surface area contributed by atoms with Crippen LogP contribution in [0.15, 0.2) is 28.8 Å². The van der Waals surface area contributed by atoms with Crippen LogP contribution in [0.25, 0.3) is 11.5 Å². The first-order chi connectivity index (χ1) is 12.8. The average Bonchev–Trinajstić information content (AvgIpc) is 3.41. The van der Waals surface area contributed by atoms with Crippen molar-refractivity contribution in [3.8, 4) is 11.5 Å². The molecular formula is C18H18ClN5O2. The molecule has 7 nitrogen and oxygen atoms in total. The summed E-state index contributed by atoms with van der Waals surface area (Å²) >= 11 is 5.96. The molecule has 1 aliphatic carbocycles. The van der Waals surface area contributed by atoms with Gasteiger partial charge in [-0.25, -0.2) is 4.68 Å². The first-order valence-corrected chi connectivity index (χ1v) is 9.29. The van der Waals surface area contributed by atoms with E-state index in [2.05, 4.69) is 20.5 Å². The molecule has 26 heavy (non-hydrogen) atoms. The zero-order valence-corrected chi connectivity index (χ0v) is 14.9. The van der Waals surface area contributed by atoms with Crippen molar-refractivity contribution in [2.45, 2.75) is 50.9 Å². The van der Waals surface area contributed by atoms with Crippen LogP contribution in [0, 0.1) is 0 Å². The number of aromatic nitrogens is 5. The van der Waals surface area contributed by atoms with Gasteiger partial charge in [0, 0.05) is 10.9 Å². The van der Waals surface area contributed by atoms with Crippen molar-refractivity contribution in [1.29, 1.82) is 0 Å². The quantitative estimate of drug-likeness (QED) is 0.694. The molecule has 8 heteroatoms. The Balaban J connectivity index is 1.38. The molecule has 5 rings (SSSR count). The maximum absolute atomic E-state index is 6.03. The third-order valence-corrected chi connectivity index (χ3v) is 5.45. The molecule has 0 radical (unpaired) electrons. The third-order valence-electron chi connectivity index (χ3n) is 5.20. The molecule has 1 unspecified atom stereocenters. The molecule has 0 bridgehead atoms. The second kappa shape index (κ2) is 6.48. The lowest BCUT2D eigenvalue weighted by atomic mass is 10.1. The topological polar surface area (TPSA) is 78.9 Å². The minimum Gasteiger partial charge on any atom is -0.365 e. The highest BCUT2D eigenvalue weighted by Gasteiger charge is 2.29. The minimum atomic E-state index is -0.0753. The summed E-state index contributed by atoms with van der Waals surface area (Å²) in [6.07, 6.45) is 4.61. The first-order valence-electron chi connectivity index (χ1n) is 8.91. The first kappa shape index (κ1) is 16.0. The summed E-state index contributed by atoms with van der Waals surface area (Å²) in [4.78, 5) is 4.57. The number of ether oxygens (including phenoxy) is 1. The van der Waals surface area contributed by atoms with Gasteiger partial charge in [-0.3, -0.25) is 0 Å². The van der Waals surface area contributed by atoms with Crippen molar-refractivity contribution < 1.29 is 9.26 Å². The van der Waals surface area contributed by atoms with Gasteiger partial charge < -0.3 is 9.26 Å². The Morgan fingerprint density at radius 2 is 1.92 bits per heavy atom. The summed E-state index contributed by atoms with van der Waals surface area (Å²) in [6, 6.07) is 7.69. The minimum absolute atomic E-state index is 0.0753. The van der Waals surface area contributed by atoms with Crippen LogP contribution in [-0.4, -0.2) is 25.1 Å². The van der Waals surface area contributed by atoms with Gasteiger partial charge in [-0.1, -0.05) is 46.9 Å². The fraction of sp³-hybridized carbons (Fsp3) is 0.444. The third kappa shape index (κ3) is 2.81. The molecule has 0 saturated heterocycles. The number of hydrogen-bond acceptors (Lipinski definition) is 6. The van der Waals surface area contributed by atoms with Crippen molar-refractivity contribution in [2.24, 2.45) is 0 Å². The largest absolute Gasteiger partial charge is 0.365 e. The van der Waals surface area contributed by atoms with Crippen LogP contribution in [0.3, 0.4) is 0 Å². The van der Waals surface area contributed by atoms with Crippen LogP contribution in [-0.2, 0) is 17.9 Å². The Kier molecular flexibility index (Phi) is 3.98. The Labute approximate surface area is 155 Å². The van der Waals surface area contributed by atoms with Crippen LogP contribution in [0.4, 0.5) is 0 Å². The van der Waals surface area contributed by atoms with Gasteiger partial charge in [0.2, 0.25) is 11.7 Å². The van der Waals surface area contributed by atoms with E-state index < -0.39 is 0 Å². The Hall–Kier alpha value is -2.25. The smallest absolute Gasteiger partial charge is 0.230 e. The maximum Gasteiger partial charge on any atom is 0.230 e. The highest BCUT2D eigenvalue weighted by atomic mass is 35.5. The van der Waals surface area contributed by atoms with Crippen LogP contribution in [0.5, 0.6) is 0 Å². The SMILES string of the molecule is Clc1ccc(C2Cn3nnc(-c4noc(C5CCCC5)n4)c3CO2)cc1. The number of nitrogens with zero attached hydrogens (tertiary/aromatic N) is 5. The van der Waals surface area contributed by atoms with Crippen LogP contribution in [0.2, 0.25) is 5.02 Å². The van der Waals surface area contributed by atoms with E-state index in [1.54, 1.807) is 0 Å². The fourth-order valence-corrected chi connectivity index (χ4v) is 3.86. The highest BCUT2D eigenvalue weighted by molar-refractivity contribution is 6.30. The van der Waals surface area contributed by atoms with Crippen LogP contribution < -0.4 is 0 Å². The van der Waals surface area contributed by atoms with Gasteiger partial charge in [0.1, 0.15) is 6.10 Å². The molecule has 2 aliphatic rings. The number of rotatable bonds is 3. The van der Waals surface area contributed by atoms with Crippen molar-refractivity contribution in [2.75, 3.05) is 0 Å². The predicted octanol–water partition coefficient (Wildman–Crippen LogP) is 3.91. The molecule has 0 N–H and O–H groups in total. The molecule has 2 aromatic heterocycles. The van der Waals surface area contributed by atoms with Crippen LogP contribution in [0.1, 0.15) is 54.9 Å². The molecule has 0 amide bonds. The fourth-order valence-electron chi connectivity index (χ4n) is 3.73. The van der Waals surface area contributed by atoms with Crippen molar-refractivity contribution >= 4 is 11.6 Å². The Morgan fingerprint density at radius 1 is 1.12 bits per heavy atom. The van der Waals surface area contributed by atoms with Crippen LogP contribution >= 0.6 is 11.6 Å². The van der Waals surface area contributed by atoms with Gasteiger partial charge in [0.15, 0.2) is 5.69 Å². The number of hydrogen-bond donors (Lipinski definition) is 0. The van der Waals surface area contributed by atoms with Crippen molar-refractivity contribution in [3.05, 3.63) is 46.4 Å². The Bertz CT molecular complexity index is 914. The maximum atomic E-state index is 6.03. The van der Waals surface area contributed by atoms with E-state index in [0.717, 1.165) is 30.0 Å². The summed E-state index contributed by atoms with van der Waals surface area (Å²) in [5, 5.41) is 13.4. The van der Waals surface area contributed by atoms with Gasteiger partial charge in [0.25, 0.3) is 0 Å². The van der Waals surface area contributed by atoms with E-state index in [1.165, 1.54) is 12.8 Å². The molecule has 1 fully saturated rings. The molecule has 0 spiro atoms. The molecular weight excluding hydrogens is 354 g/mol. The van der Waals surface area contributed by atoms with Gasteiger partial charge in [-0.05, 0) is 30.5 Å². The normalized spacial score (nSPS) is 20.4. The lowest BCUT2D eigenvalue weighted by Gasteiger charge is -2.24. The summed E-state index contributed by atoms with van der Waals surface area (Å²) in [5.74, 6) is 1.60. The summed E-state index contributed by atoms with van der Waals surface area (Å²) in [5.41, 5.74) is 2.60. The predicted molar refractivity (Wildman–Crippen MR) is 93.5 cm³/mol. The van der Waals surface area contributed by atoms with E-state index in [-0.39, 0.29) is 6.10 Å². The van der Waals surface area contributed by atoms with Gasteiger partial charge >= 0.3 is 0 Å². The zero-order valence-electron chi connectivity index (χ0n) is 14.1. The standard InChI is InChI=1S/C18H18ClN5O2/c19-13-7-5-11(6-8-13)15-9-24-14(10-25-15)16(21-23-24)17-20-18(26-22-17)12-3-1-2-4-12/h5-8,12,15H,1-4,9-10H2. The molecule has 134 valence electrons. The van der Waals surface area contributed by atoms with E-state index in [1.807, 2.05) is 28.9 Å². The number of halogens is 1. The lowest BCUT2D eigenvalue weighted by molar-refractivity contribution is -0.00111. The summed E-state index contributed by atoms with van der Waals surface area (Å²) in [6.45, 7) is 1.00. The molecule has 3 aromatic rings. The van der Waals surface area contributed by atoms with Crippen molar-refractivity contribution in [1.82, 2.24) is 25.1 Å². The lowest BCUT2D eigenvalue weighted by Crippen LogP contribution is -2.22. The number of benzene rings is 1. The molecule has 1 aliphatic heterocycles. The van der Waals surface area contributed by atoms with E-state index in [0.29, 0.717) is 35.6 Å². The number of fused-ring (bicyclic) bond motifs is 1. The van der Waals surface area contributed by atoms with Crippen molar-refractivity contribution in [3.63, 3.8) is 0 Å². The van der Waals surface area contributed by atoms with E-state index in [9.17, 15) is 0 Å². The molecule has 1 atom stereocenters. The molecule has 3 heterocycles. The van der Waals surface area contributed by atoms with Gasteiger partial charge in [-0.2, -0.15) is 4.98 Å². The average molecular weight is 372 g/mol. The second-order valence-corrected chi connectivity index (χ2v) is 7.29. The van der Waals surface area contributed by atoms with E-state index >= 15 is 0 Å². The summed E-state index contributed by atoms with van der Waals surface area (Å²) in [7, 11) is 0. The monoisotopic (exact) mass is 371 g/mol. The Morgan fingerprint density at radius 3 is 2.73 bits per heavy atom. The van der Waals surface area contributed by atoms with Gasteiger partial charge in [-0.15, -0.1) is 5.10 Å². The molecule has 1 saturated carbocycles. The summed E-state index contributed by atoms with van der Waals surface area (Å²) < 4.78 is 13.4. The highest BCUT2D eigenvalue weighted by Crippen LogP contribution is 2.35. The second-order valence-electron chi connectivity index (χ2n) is 6.86.